The lowest BCUT2D eigenvalue weighted by Crippen LogP contribution is -1.98. The summed E-state index contributed by atoms with van der Waals surface area (Å²) in [5, 5.41) is 7.43. The summed E-state index contributed by atoms with van der Waals surface area (Å²) in [4.78, 5) is 0. The van der Waals surface area contributed by atoms with Gasteiger partial charge in [0.05, 0.1) is 0 Å². The average molecular weight is 623 g/mol. The Morgan fingerprint density at radius 2 is 0.755 bits per heavy atom. The summed E-state index contributed by atoms with van der Waals surface area (Å²) in [5.41, 5.74) is 12.1. The molecule has 1 aliphatic heterocycles. The minimum absolute atomic E-state index is 0.899. The van der Waals surface area contributed by atoms with E-state index in [9.17, 15) is 0 Å². The van der Waals surface area contributed by atoms with Gasteiger partial charge >= 0.3 is 0 Å². The topological polar surface area (TPSA) is 9.23 Å². The van der Waals surface area contributed by atoms with Crippen molar-refractivity contribution in [1.82, 2.24) is 0 Å². The predicted molar refractivity (Wildman–Crippen MR) is 206 cm³/mol. The minimum atomic E-state index is 0.899. The molecule has 0 amide bonds. The van der Waals surface area contributed by atoms with Crippen LogP contribution in [-0.4, -0.2) is 0 Å². The Bertz CT molecular complexity index is 2650. The quantitative estimate of drug-likeness (QED) is 0.177. The van der Waals surface area contributed by atoms with Gasteiger partial charge < -0.3 is 4.74 Å². The standard InChI is InChI=1S/C48H30O/c1-3-12-31(13-4-1)35-26-27-37-39-21-11-20-38-36(28-29-44(48(38)39)49-45(37)30-35)32-22-24-34(25-23-32)47-42-18-9-7-16-40(42)46(33-14-5-2-6-15-33)41-17-8-10-19-43(41)47/h1-30H. The van der Waals surface area contributed by atoms with E-state index in [0.29, 0.717) is 0 Å². The Balaban J connectivity index is 1.10. The van der Waals surface area contributed by atoms with Crippen LogP contribution >= 0.6 is 0 Å². The van der Waals surface area contributed by atoms with Gasteiger partial charge in [0.25, 0.3) is 0 Å². The van der Waals surface area contributed by atoms with Crippen LogP contribution in [0.4, 0.5) is 0 Å². The Labute approximate surface area is 285 Å². The molecule has 0 aliphatic carbocycles. The number of benzene rings is 9. The number of hydrogen-bond acceptors (Lipinski definition) is 1. The monoisotopic (exact) mass is 622 g/mol. The van der Waals surface area contributed by atoms with Crippen LogP contribution in [0.3, 0.4) is 0 Å². The third-order valence-electron chi connectivity index (χ3n) is 10.1. The molecule has 1 aliphatic rings. The van der Waals surface area contributed by atoms with Crippen LogP contribution in [0.25, 0.3) is 88.0 Å². The molecule has 0 unspecified atom stereocenters. The smallest absolute Gasteiger partial charge is 0.135 e. The lowest BCUT2D eigenvalue weighted by Gasteiger charge is -2.23. The maximum absolute atomic E-state index is 6.60. The van der Waals surface area contributed by atoms with Crippen LogP contribution < -0.4 is 4.74 Å². The summed E-state index contributed by atoms with van der Waals surface area (Å²) in [6, 6.07) is 65.6. The fourth-order valence-corrected chi connectivity index (χ4v) is 7.87. The third kappa shape index (κ3) is 4.40. The molecule has 1 heteroatoms. The second kappa shape index (κ2) is 11.1. The van der Waals surface area contributed by atoms with Crippen LogP contribution in [0.5, 0.6) is 11.5 Å². The fourth-order valence-electron chi connectivity index (χ4n) is 7.87. The summed E-state index contributed by atoms with van der Waals surface area (Å²) in [6.45, 7) is 0. The van der Waals surface area contributed by atoms with Crippen LogP contribution in [0.15, 0.2) is 182 Å². The summed E-state index contributed by atoms with van der Waals surface area (Å²) in [7, 11) is 0. The largest absolute Gasteiger partial charge is 0.456 e. The molecule has 0 spiro atoms. The zero-order valence-electron chi connectivity index (χ0n) is 26.7. The zero-order valence-corrected chi connectivity index (χ0v) is 26.7. The highest BCUT2D eigenvalue weighted by Crippen LogP contribution is 2.50. The molecule has 0 fully saturated rings. The molecule has 228 valence electrons. The normalized spacial score (nSPS) is 11.8. The van der Waals surface area contributed by atoms with Crippen LogP contribution in [0.1, 0.15) is 0 Å². The molecule has 10 rings (SSSR count). The highest BCUT2D eigenvalue weighted by atomic mass is 16.5. The van der Waals surface area contributed by atoms with E-state index in [2.05, 4.69) is 176 Å². The van der Waals surface area contributed by atoms with Gasteiger partial charge in [-0.1, -0.05) is 164 Å². The Kier molecular flexibility index (Phi) is 6.25. The van der Waals surface area contributed by atoms with Gasteiger partial charge in [0.2, 0.25) is 0 Å². The van der Waals surface area contributed by atoms with Crippen molar-refractivity contribution in [2.45, 2.75) is 0 Å². The van der Waals surface area contributed by atoms with Crippen molar-refractivity contribution in [1.29, 1.82) is 0 Å². The van der Waals surface area contributed by atoms with E-state index in [1.54, 1.807) is 0 Å². The highest BCUT2D eigenvalue weighted by Gasteiger charge is 2.22. The molecular formula is C48H30O. The Morgan fingerprint density at radius 3 is 1.39 bits per heavy atom. The van der Waals surface area contributed by atoms with E-state index >= 15 is 0 Å². The lowest BCUT2D eigenvalue weighted by molar-refractivity contribution is 0.487. The highest BCUT2D eigenvalue weighted by molar-refractivity contribution is 6.21. The fraction of sp³-hybridized carbons (Fsp3) is 0. The average Bonchev–Trinajstić information content (AvgIpc) is 3.18. The first-order chi connectivity index (χ1) is 24.3. The molecule has 0 atom stereocenters. The minimum Gasteiger partial charge on any atom is -0.456 e. The summed E-state index contributed by atoms with van der Waals surface area (Å²) >= 11 is 0. The number of hydrogen-bond donors (Lipinski definition) is 0. The third-order valence-corrected chi connectivity index (χ3v) is 10.1. The number of rotatable bonds is 4. The SMILES string of the molecule is c1ccc(-c2ccc3c(c2)Oc2ccc(-c4ccc(-c5c6ccccc6c(-c6ccccc6)c6ccccc56)cc4)c4cccc-3c24)cc1. The van der Waals surface area contributed by atoms with Crippen molar-refractivity contribution in [3.8, 4) is 67.1 Å². The zero-order chi connectivity index (χ0) is 32.3. The van der Waals surface area contributed by atoms with E-state index in [0.717, 1.165) is 28.0 Å². The molecule has 0 saturated heterocycles. The molecule has 0 radical (unpaired) electrons. The van der Waals surface area contributed by atoms with Crippen molar-refractivity contribution < 1.29 is 4.74 Å². The molecule has 1 heterocycles. The van der Waals surface area contributed by atoms with Crippen molar-refractivity contribution in [3.05, 3.63) is 182 Å². The van der Waals surface area contributed by atoms with Gasteiger partial charge in [0, 0.05) is 10.9 Å². The lowest BCUT2D eigenvalue weighted by atomic mass is 9.85. The predicted octanol–water partition coefficient (Wildman–Crippen LogP) is 13.6. The van der Waals surface area contributed by atoms with Crippen molar-refractivity contribution in [3.63, 3.8) is 0 Å². The second-order valence-corrected chi connectivity index (χ2v) is 12.8. The maximum atomic E-state index is 6.60. The van der Waals surface area contributed by atoms with E-state index in [1.807, 2.05) is 6.07 Å². The summed E-state index contributed by atoms with van der Waals surface area (Å²) in [5.74, 6) is 1.80. The molecular weight excluding hydrogens is 593 g/mol. The molecule has 49 heavy (non-hydrogen) atoms. The van der Waals surface area contributed by atoms with Gasteiger partial charge in [0.1, 0.15) is 11.5 Å². The van der Waals surface area contributed by atoms with Gasteiger partial charge in [-0.3, -0.25) is 0 Å². The number of fused-ring (bicyclic) bond motifs is 4. The first-order valence-electron chi connectivity index (χ1n) is 16.8. The van der Waals surface area contributed by atoms with Crippen molar-refractivity contribution in [2.75, 3.05) is 0 Å². The van der Waals surface area contributed by atoms with E-state index < -0.39 is 0 Å². The van der Waals surface area contributed by atoms with Gasteiger partial charge in [0.15, 0.2) is 0 Å². The molecule has 9 aromatic carbocycles. The van der Waals surface area contributed by atoms with E-state index in [1.165, 1.54) is 71.4 Å². The molecule has 0 saturated carbocycles. The number of ether oxygens (including phenoxy) is 1. The molecule has 0 aromatic heterocycles. The first kappa shape index (κ1) is 27.7. The Hall–Kier alpha value is -6.44. The van der Waals surface area contributed by atoms with Crippen LogP contribution in [0, 0.1) is 0 Å². The van der Waals surface area contributed by atoms with E-state index in [4.69, 9.17) is 4.74 Å². The van der Waals surface area contributed by atoms with Crippen LogP contribution in [-0.2, 0) is 0 Å². The summed E-state index contributed by atoms with van der Waals surface area (Å²) < 4.78 is 6.60. The van der Waals surface area contributed by atoms with Crippen molar-refractivity contribution >= 4 is 32.3 Å². The van der Waals surface area contributed by atoms with Gasteiger partial charge in [-0.05, 0) is 95.2 Å². The van der Waals surface area contributed by atoms with Crippen molar-refractivity contribution in [2.24, 2.45) is 0 Å². The van der Waals surface area contributed by atoms with Gasteiger partial charge in [-0.15, -0.1) is 0 Å². The van der Waals surface area contributed by atoms with Gasteiger partial charge in [-0.25, -0.2) is 0 Å². The molecule has 0 N–H and O–H groups in total. The molecule has 1 nitrogen and oxygen atoms in total. The first-order valence-corrected chi connectivity index (χ1v) is 16.8. The second-order valence-electron chi connectivity index (χ2n) is 12.8. The van der Waals surface area contributed by atoms with E-state index in [-0.39, 0.29) is 0 Å². The maximum Gasteiger partial charge on any atom is 0.135 e. The van der Waals surface area contributed by atoms with Gasteiger partial charge in [-0.2, -0.15) is 0 Å². The van der Waals surface area contributed by atoms with Crippen LogP contribution in [0.2, 0.25) is 0 Å². The Morgan fingerprint density at radius 1 is 0.265 bits per heavy atom. The molecule has 0 bridgehead atoms. The molecule has 9 aromatic rings. The summed E-state index contributed by atoms with van der Waals surface area (Å²) in [6.07, 6.45) is 0.